The minimum atomic E-state index is 0.694. The van der Waals surface area contributed by atoms with Crippen molar-refractivity contribution in [2.75, 3.05) is 19.5 Å². The highest BCUT2D eigenvalue weighted by Crippen LogP contribution is 2.31. The Kier molecular flexibility index (Phi) is 5.11. The maximum atomic E-state index is 5.43. The molecule has 0 amide bonds. The van der Waals surface area contributed by atoms with Crippen LogP contribution in [0.25, 0.3) is 0 Å². The van der Waals surface area contributed by atoms with Gasteiger partial charge in [-0.05, 0) is 53.3 Å². The molecule has 0 aliphatic carbocycles. The molecule has 0 spiro atoms. The molecule has 3 nitrogen and oxygen atoms in total. The zero-order chi connectivity index (χ0) is 14.5. The molecule has 0 aliphatic rings. The van der Waals surface area contributed by atoms with Crippen LogP contribution >= 0.6 is 22.6 Å². The third-order valence-electron chi connectivity index (χ3n) is 3.14. The zero-order valence-electron chi connectivity index (χ0n) is 11.9. The first-order valence-corrected chi connectivity index (χ1v) is 7.43. The van der Waals surface area contributed by atoms with E-state index in [-0.39, 0.29) is 0 Å². The Balaban J connectivity index is 2.16. The Morgan fingerprint density at radius 2 is 1.90 bits per heavy atom. The lowest BCUT2D eigenvalue weighted by atomic mass is 10.1. The standard InChI is InChI=1S/C16H18INO2/c1-11-7-8-13(9-14(11)17)18-10-12-5-4-6-15(19-2)16(12)20-3/h4-9,18H,10H2,1-3H3. The Bertz CT molecular complexity index is 599. The molecular weight excluding hydrogens is 365 g/mol. The van der Waals surface area contributed by atoms with Crippen LogP contribution < -0.4 is 14.8 Å². The fourth-order valence-electron chi connectivity index (χ4n) is 1.99. The third kappa shape index (κ3) is 3.36. The van der Waals surface area contributed by atoms with Gasteiger partial charge in [0, 0.05) is 21.4 Å². The number of para-hydroxylation sites is 1. The second-order valence-corrected chi connectivity index (χ2v) is 5.63. The van der Waals surface area contributed by atoms with Gasteiger partial charge in [-0.3, -0.25) is 0 Å². The average molecular weight is 383 g/mol. The lowest BCUT2D eigenvalue weighted by molar-refractivity contribution is 0.352. The van der Waals surface area contributed by atoms with Gasteiger partial charge in [-0.15, -0.1) is 0 Å². The van der Waals surface area contributed by atoms with E-state index in [4.69, 9.17) is 9.47 Å². The van der Waals surface area contributed by atoms with E-state index >= 15 is 0 Å². The lowest BCUT2D eigenvalue weighted by Gasteiger charge is -2.14. The van der Waals surface area contributed by atoms with E-state index in [1.807, 2.05) is 18.2 Å². The smallest absolute Gasteiger partial charge is 0.165 e. The van der Waals surface area contributed by atoms with Gasteiger partial charge in [0.1, 0.15) is 0 Å². The molecule has 2 aromatic carbocycles. The Morgan fingerprint density at radius 3 is 2.55 bits per heavy atom. The van der Waals surface area contributed by atoms with Gasteiger partial charge >= 0.3 is 0 Å². The van der Waals surface area contributed by atoms with Crippen LogP contribution in [-0.4, -0.2) is 14.2 Å². The topological polar surface area (TPSA) is 30.5 Å². The summed E-state index contributed by atoms with van der Waals surface area (Å²) in [6, 6.07) is 12.3. The van der Waals surface area contributed by atoms with Crippen LogP contribution in [0.5, 0.6) is 11.5 Å². The maximum Gasteiger partial charge on any atom is 0.165 e. The maximum absolute atomic E-state index is 5.43. The van der Waals surface area contributed by atoms with E-state index in [9.17, 15) is 0 Å². The van der Waals surface area contributed by atoms with Crippen molar-refractivity contribution in [2.45, 2.75) is 13.5 Å². The highest BCUT2D eigenvalue weighted by Gasteiger charge is 2.09. The van der Waals surface area contributed by atoms with E-state index in [2.05, 4.69) is 53.0 Å². The van der Waals surface area contributed by atoms with Gasteiger partial charge in [-0.1, -0.05) is 18.2 Å². The first-order valence-electron chi connectivity index (χ1n) is 6.35. The zero-order valence-corrected chi connectivity index (χ0v) is 14.0. The van der Waals surface area contributed by atoms with E-state index in [0.717, 1.165) is 22.7 Å². The molecule has 0 unspecified atom stereocenters. The minimum Gasteiger partial charge on any atom is -0.493 e. The van der Waals surface area contributed by atoms with Crippen molar-refractivity contribution in [1.82, 2.24) is 0 Å². The van der Waals surface area contributed by atoms with Crippen LogP contribution in [0.15, 0.2) is 36.4 Å². The summed E-state index contributed by atoms with van der Waals surface area (Å²) in [6.45, 7) is 2.80. The Morgan fingerprint density at radius 1 is 1.10 bits per heavy atom. The summed E-state index contributed by atoms with van der Waals surface area (Å²) in [6.07, 6.45) is 0. The largest absolute Gasteiger partial charge is 0.493 e. The second-order valence-electron chi connectivity index (χ2n) is 4.47. The number of rotatable bonds is 5. The first kappa shape index (κ1) is 15.0. The summed E-state index contributed by atoms with van der Waals surface area (Å²) >= 11 is 2.35. The van der Waals surface area contributed by atoms with Crippen molar-refractivity contribution in [3.63, 3.8) is 0 Å². The van der Waals surface area contributed by atoms with Gasteiger partial charge in [0.2, 0.25) is 0 Å². The van der Waals surface area contributed by atoms with Crippen LogP contribution in [0.2, 0.25) is 0 Å². The van der Waals surface area contributed by atoms with E-state index in [1.165, 1.54) is 9.13 Å². The molecule has 0 heterocycles. The SMILES string of the molecule is COc1cccc(CNc2ccc(C)c(I)c2)c1OC. The van der Waals surface area contributed by atoms with E-state index < -0.39 is 0 Å². The molecular formula is C16H18INO2. The molecule has 0 radical (unpaired) electrons. The quantitative estimate of drug-likeness (QED) is 0.784. The van der Waals surface area contributed by atoms with Crippen molar-refractivity contribution in [3.05, 3.63) is 51.1 Å². The summed E-state index contributed by atoms with van der Waals surface area (Å²) in [4.78, 5) is 0. The number of methoxy groups -OCH3 is 2. The summed E-state index contributed by atoms with van der Waals surface area (Å²) in [7, 11) is 3.31. The monoisotopic (exact) mass is 383 g/mol. The number of benzene rings is 2. The molecule has 1 N–H and O–H groups in total. The summed E-state index contributed by atoms with van der Waals surface area (Å²) in [5.74, 6) is 1.54. The molecule has 0 bridgehead atoms. The number of ether oxygens (including phenoxy) is 2. The van der Waals surface area contributed by atoms with Crippen LogP contribution in [-0.2, 0) is 6.54 Å². The van der Waals surface area contributed by atoms with Gasteiger partial charge in [0.25, 0.3) is 0 Å². The van der Waals surface area contributed by atoms with Crippen LogP contribution in [0.3, 0.4) is 0 Å². The molecule has 0 saturated heterocycles. The molecule has 0 aliphatic heterocycles. The van der Waals surface area contributed by atoms with Gasteiger partial charge in [0.15, 0.2) is 11.5 Å². The first-order chi connectivity index (χ1) is 9.65. The number of hydrogen-bond acceptors (Lipinski definition) is 3. The molecule has 106 valence electrons. The van der Waals surface area contributed by atoms with Crippen LogP contribution in [0.1, 0.15) is 11.1 Å². The number of aryl methyl sites for hydroxylation is 1. The van der Waals surface area contributed by atoms with Crippen molar-refractivity contribution < 1.29 is 9.47 Å². The van der Waals surface area contributed by atoms with E-state index in [1.54, 1.807) is 14.2 Å². The predicted octanol–water partition coefficient (Wildman–Crippen LogP) is 4.23. The molecule has 2 aromatic rings. The predicted molar refractivity (Wildman–Crippen MR) is 90.8 cm³/mol. The summed E-state index contributed by atoms with van der Waals surface area (Å²) < 4.78 is 12.0. The van der Waals surface area contributed by atoms with Gasteiger partial charge in [-0.25, -0.2) is 0 Å². The molecule has 4 heteroatoms. The van der Waals surface area contributed by atoms with Crippen LogP contribution in [0, 0.1) is 10.5 Å². The molecule has 2 rings (SSSR count). The average Bonchev–Trinajstić information content (AvgIpc) is 2.47. The fraction of sp³-hybridized carbons (Fsp3) is 0.250. The summed E-state index contributed by atoms with van der Waals surface area (Å²) in [5.41, 5.74) is 3.46. The van der Waals surface area contributed by atoms with Crippen molar-refractivity contribution >= 4 is 28.3 Å². The van der Waals surface area contributed by atoms with Gasteiger partial charge in [0.05, 0.1) is 14.2 Å². The highest BCUT2D eigenvalue weighted by atomic mass is 127. The normalized spacial score (nSPS) is 10.2. The number of anilines is 1. The highest BCUT2D eigenvalue weighted by molar-refractivity contribution is 14.1. The second kappa shape index (κ2) is 6.83. The molecule has 20 heavy (non-hydrogen) atoms. The molecule has 0 fully saturated rings. The Hall–Kier alpha value is -1.43. The van der Waals surface area contributed by atoms with Crippen molar-refractivity contribution in [3.8, 4) is 11.5 Å². The number of halogens is 1. The van der Waals surface area contributed by atoms with Crippen molar-refractivity contribution in [1.29, 1.82) is 0 Å². The van der Waals surface area contributed by atoms with Gasteiger partial charge in [-0.2, -0.15) is 0 Å². The van der Waals surface area contributed by atoms with Crippen LogP contribution in [0.4, 0.5) is 5.69 Å². The number of hydrogen-bond donors (Lipinski definition) is 1. The number of nitrogens with one attached hydrogen (secondary N) is 1. The minimum absolute atomic E-state index is 0.694. The Labute approximate surface area is 133 Å². The summed E-state index contributed by atoms with van der Waals surface area (Å²) in [5, 5.41) is 3.41. The van der Waals surface area contributed by atoms with Crippen molar-refractivity contribution in [2.24, 2.45) is 0 Å². The van der Waals surface area contributed by atoms with E-state index in [0.29, 0.717) is 6.54 Å². The third-order valence-corrected chi connectivity index (χ3v) is 4.30. The fourth-order valence-corrected chi connectivity index (χ4v) is 2.51. The van der Waals surface area contributed by atoms with Gasteiger partial charge < -0.3 is 14.8 Å². The molecule has 0 aromatic heterocycles. The molecule has 0 saturated carbocycles. The lowest BCUT2D eigenvalue weighted by Crippen LogP contribution is -2.03. The molecule has 0 atom stereocenters.